The maximum absolute atomic E-state index is 10.1. The van der Waals surface area contributed by atoms with E-state index in [0.717, 1.165) is 6.42 Å². The Morgan fingerprint density at radius 3 is 2.56 bits per heavy atom. The van der Waals surface area contributed by atoms with Gasteiger partial charge < -0.3 is 9.84 Å². The molecule has 0 aromatic heterocycles. The van der Waals surface area contributed by atoms with Crippen molar-refractivity contribution < 1.29 is 14.6 Å². The molecule has 1 aliphatic heterocycles. The molecule has 9 heavy (non-hydrogen) atoms. The molecule has 1 fully saturated rings. The van der Waals surface area contributed by atoms with Gasteiger partial charge in [0.2, 0.25) is 0 Å². The van der Waals surface area contributed by atoms with E-state index < -0.39 is 12.1 Å². The van der Waals surface area contributed by atoms with Crippen LogP contribution in [-0.2, 0) is 9.53 Å². The Kier molecular flexibility index (Phi) is 4.48. The molecule has 48 valence electrons. The van der Waals surface area contributed by atoms with E-state index in [-0.39, 0.29) is 29.6 Å². The number of hydrogen-bond acceptors (Lipinski definition) is 2. The van der Waals surface area contributed by atoms with Gasteiger partial charge in [-0.05, 0) is 12.8 Å². The van der Waals surface area contributed by atoms with Crippen molar-refractivity contribution >= 4 is 35.5 Å². The molecule has 1 heterocycles. The monoisotopic (exact) mass is 140 g/mol. The van der Waals surface area contributed by atoms with Crippen LogP contribution in [0.5, 0.6) is 0 Å². The quantitative estimate of drug-likeness (QED) is 0.504. The molecular formula is C5H9NaO3. The molecule has 0 radical (unpaired) electrons. The topological polar surface area (TPSA) is 46.5 Å². The first kappa shape index (κ1) is 9.43. The first-order valence-corrected chi connectivity index (χ1v) is 2.65. The summed E-state index contributed by atoms with van der Waals surface area (Å²) in [5.74, 6) is -0.831. The Labute approximate surface area is 75.7 Å². The molecule has 0 aliphatic carbocycles. The zero-order valence-electron chi connectivity index (χ0n) is 4.46. The van der Waals surface area contributed by atoms with E-state index in [1.165, 1.54) is 0 Å². The molecule has 1 saturated heterocycles. The second-order valence-corrected chi connectivity index (χ2v) is 1.84. The van der Waals surface area contributed by atoms with Crippen LogP contribution in [-0.4, -0.2) is 53.3 Å². The third-order valence-corrected chi connectivity index (χ3v) is 1.21. The minimum absolute atomic E-state index is 0. The Hall–Kier alpha value is 0.430. The first-order chi connectivity index (χ1) is 3.80. The first-order valence-electron chi connectivity index (χ1n) is 2.65. The number of aliphatic carboxylic acids is 1. The Bertz CT molecular complexity index is 98.4. The van der Waals surface area contributed by atoms with Crippen LogP contribution in [0.4, 0.5) is 0 Å². The summed E-state index contributed by atoms with van der Waals surface area (Å²) in [6.07, 6.45) is 1.04. The number of hydrogen-bond donors (Lipinski definition) is 1. The summed E-state index contributed by atoms with van der Waals surface area (Å²) in [6.45, 7) is 0.608. The molecule has 1 atom stereocenters. The van der Waals surface area contributed by atoms with Crippen LogP contribution < -0.4 is 0 Å². The van der Waals surface area contributed by atoms with Crippen LogP contribution in [0.25, 0.3) is 0 Å². The maximum atomic E-state index is 10.1. The molecule has 3 nitrogen and oxygen atoms in total. The van der Waals surface area contributed by atoms with Gasteiger partial charge in [0.25, 0.3) is 0 Å². The minimum atomic E-state index is -0.831. The van der Waals surface area contributed by atoms with Crippen molar-refractivity contribution in [2.45, 2.75) is 18.9 Å². The summed E-state index contributed by atoms with van der Waals surface area (Å²) in [5, 5.41) is 8.29. The normalized spacial score (nSPS) is 25.1. The third-order valence-electron chi connectivity index (χ3n) is 1.21. The van der Waals surface area contributed by atoms with Gasteiger partial charge in [0.15, 0.2) is 6.10 Å². The van der Waals surface area contributed by atoms with E-state index in [1.54, 1.807) is 0 Å². The van der Waals surface area contributed by atoms with Crippen LogP contribution in [0.15, 0.2) is 0 Å². The molecule has 1 rings (SSSR count). The molecule has 0 bridgehead atoms. The molecule has 0 aromatic rings. The summed E-state index contributed by atoms with van der Waals surface area (Å²) in [6, 6.07) is 0. The van der Waals surface area contributed by atoms with Crippen molar-refractivity contribution in [3.63, 3.8) is 0 Å². The molecule has 1 aliphatic rings. The molecule has 1 N–H and O–H groups in total. The standard InChI is InChI=1S/C5H8O3.Na.H/c6-5(7)4-2-1-3-8-4;;/h4H,1-3H2,(H,6,7);;. The van der Waals surface area contributed by atoms with Crippen molar-refractivity contribution in [1.82, 2.24) is 0 Å². The Balaban J connectivity index is 0.000000640. The van der Waals surface area contributed by atoms with Crippen molar-refractivity contribution in [3.05, 3.63) is 0 Å². The molecule has 4 heteroatoms. The fraction of sp³-hybridized carbons (Fsp3) is 0.800. The van der Waals surface area contributed by atoms with Gasteiger partial charge in [-0.3, -0.25) is 0 Å². The van der Waals surface area contributed by atoms with Crippen molar-refractivity contribution in [2.24, 2.45) is 0 Å². The fourth-order valence-electron chi connectivity index (χ4n) is 0.772. The molecule has 1 unspecified atom stereocenters. The second kappa shape index (κ2) is 4.28. The van der Waals surface area contributed by atoms with E-state index in [0.29, 0.717) is 13.0 Å². The third kappa shape index (κ3) is 2.67. The van der Waals surface area contributed by atoms with Crippen molar-refractivity contribution in [3.8, 4) is 0 Å². The Morgan fingerprint density at radius 1 is 1.67 bits per heavy atom. The second-order valence-electron chi connectivity index (χ2n) is 1.84. The number of carbonyl (C=O) groups is 1. The number of carboxylic acid groups (broad SMARTS) is 1. The summed E-state index contributed by atoms with van der Waals surface area (Å²) in [7, 11) is 0. The van der Waals surface area contributed by atoms with Gasteiger partial charge in [0, 0.05) is 6.61 Å². The summed E-state index contributed by atoms with van der Waals surface area (Å²) >= 11 is 0. The SMILES string of the molecule is O=C(O)C1CCCO1.[NaH]. The Morgan fingerprint density at radius 2 is 2.33 bits per heavy atom. The number of ether oxygens (including phenoxy) is 1. The summed E-state index contributed by atoms with van der Waals surface area (Å²) < 4.78 is 4.81. The van der Waals surface area contributed by atoms with Gasteiger partial charge in [0.05, 0.1) is 0 Å². The zero-order chi connectivity index (χ0) is 5.98. The van der Waals surface area contributed by atoms with E-state index in [4.69, 9.17) is 9.84 Å². The van der Waals surface area contributed by atoms with Gasteiger partial charge in [-0.2, -0.15) is 0 Å². The predicted octanol–water partition coefficient (Wildman–Crippen LogP) is -0.399. The van der Waals surface area contributed by atoms with Crippen LogP contribution in [0.3, 0.4) is 0 Å². The van der Waals surface area contributed by atoms with Crippen LogP contribution >= 0.6 is 0 Å². The predicted molar refractivity (Wildman–Crippen MR) is 33.8 cm³/mol. The molecule has 0 aromatic carbocycles. The molecule has 0 spiro atoms. The fourth-order valence-corrected chi connectivity index (χ4v) is 0.772. The van der Waals surface area contributed by atoms with Gasteiger partial charge in [0.1, 0.15) is 0 Å². The molecule has 0 saturated carbocycles. The molecular weight excluding hydrogens is 131 g/mol. The zero-order valence-corrected chi connectivity index (χ0v) is 4.46. The van der Waals surface area contributed by atoms with Crippen LogP contribution in [0.1, 0.15) is 12.8 Å². The van der Waals surface area contributed by atoms with Crippen LogP contribution in [0, 0.1) is 0 Å². The summed E-state index contributed by atoms with van der Waals surface area (Å²) in [5.41, 5.74) is 0. The number of carboxylic acids is 1. The van der Waals surface area contributed by atoms with E-state index in [9.17, 15) is 4.79 Å². The van der Waals surface area contributed by atoms with Gasteiger partial charge in [-0.25, -0.2) is 4.79 Å². The molecule has 0 amide bonds. The van der Waals surface area contributed by atoms with Gasteiger partial charge in [-0.15, -0.1) is 0 Å². The number of rotatable bonds is 1. The van der Waals surface area contributed by atoms with Crippen molar-refractivity contribution in [1.29, 1.82) is 0 Å². The van der Waals surface area contributed by atoms with Crippen molar-refractivity contribution in [2.75, 3.05) is 6.61 Å². The summed E-state index contributed by atoms with van der Waals surface area (Å²) in [4.78, 5) is 10.1. The average molecular weight is 140 g/mol. The average Bonchev–Trinajstić information content (AvgIpc) is 2.12. The van der Waals surface area contributed by atoms with E-state index in [1.807, 2.05) is 0 Å². The van der Waals surface area contributed by atoms with Gasteiger partial charge in [-0.1, -0.05) is 0 Å². The van der Waals surface area contributed by atoms with E-state index >= 15 is 0 Å². The van der Waals surface area contributed by atoms with Gasteiger partial charge >= 0.3 is 35.5 Å². The van der Waals surface area contributed by atoms with E-state index in [2.05, 4.69) is 0 Å². The van der Waals surface area contributed by atoms with Crippen LogP contribution in [0.2, 0.25) is 0 Å².